The fourth-order valence-corrected chi connectivity index (χ4v) is 1.22. The minimum Gasteiger partial charge on any atom is -0.327 e. The Morgan fingerprint density at radius 1 is 1.46 bits per heavy atom. The van der Waals surface area contributed by atoms with Crippen molar-refractivity contribution in [1.82, 2.24) is 9.38 Å². The number of imidazole rings is 1. The Labute approximate surface area is 76.5 Å². The zero-order chi connectivity index (χ0) is 9.10. The first kappa shape index (κ1) is 8.01. The predicted molar refractivity (Wildman–Crippen MR) is 53.3 cm³/mol. The molecule has 2 heterocycles. The third-order valence-electron chi connectivity index (χ3n) is 1.81. The molecule has 0 amide bonds. The molecule has 0 aromatic carbocycles. The van der Waals surface area contributed by atoms with Crippen molar-refractivity contribution in [3.8, 4) is 0 Å². The van der Waals surface area contributed by atoms with Crippen LogP contribution in [0.15, 0.2) is 36.7 Å². The van der Waals surface area contributed by atoms with E-state index in [4.69, 9.17) is 5.73 Å². The number of nitrogens with two attached hydrogens (primary N) is 1. The lowest BCUT2D eigenvalue weighted by molar-refractivity contribution is 1.19. The van der Waals surface area contributed by atoms with Gasteiger partial charge in [-0.2, -0.15) is 0 Å². The van der Waals surface area contributed by atoms with Crippen LogP contribution in [0.4, 0.5) is 0 Å². The smallest absolute Gasteiger partial charge is 0.137 e. The van der Waals surface area contributed by atoms with E-state index in [1.807, 2.05) is 47.1 Å². The van der Waals surface area contributed by atoms with Crippen molar-refractivity contribution in [2.75, 3.05) is 6.54 Å². The van der Waals surface area contributed by atoms with E-state index in [0.29, 0.717) is 6.54 Å². The van der Waals surface area contributed by atoms with Crippen LogP contribution in [0.5, 0.6) is 0 Å². The first-order valence-electron chi connectivity index (χ1n) is 4.20. The first-order valence-corrected chi connectivity index (χ1v) is 4.20. The van der Waals surface area contributed by atoms with E-state index in [9.17, 15) is 0 Å². The summed E-state index contributed by atoms with van der Waals surface area (Å²) in [6.07, 6.45) is 7.76. The summed E-state index contributed by atoms with van der Waals surface area (Å²) in [5.74, 6) is 0. The van der Waals surface area contributed by atoms with Gasteiger partial charge in [0, 0.05) is 18.9 Å². The van der Waals surface area contributed by atoms with E-state index in [1.165, 1.54) is 0 Å². The minimum absolute atomic E-state index is 0.549. The van der Waals surface area contributed by atoms with Crippen LogP contribution in [-0.2, 0) is 0 Å². The highest BCUT2D eigenvalue weighted by molar-refractivity contribution is 5.51. The highest BCUT2D eigenvalue weighted by Crippen LogP contribution is 2.05. The zero-order valence-corrected chi connectivity index (χ0v) is 7.22. The van der Waals surface area contributed by atoms with Gasteiger partial charge in [0.2, 0.25) is 0 Å². The molecule has 0 unspecified atom stereocenters. The fraction of sp³-hybridized carbons (Fsp3) is 0.100. The Kier molecular flexibility index (Phi) is 2.10. The quantitative estimate of drug-likeness (QED) is 0.744. The SMILES string of the molecule is NC/C=C/c1cn2ccccc2n1. The Balaban J connectivity index is 2.44. The van der Waals surface area contributed by atoms with Gasteiger partial charge in [0.25, 0.3) is 0 Å². The molecule has 13 heavy (non-hydrogen) atoms. The number of fused-ring (bicyclic) bond motifs is 1. The summed E-state index contributed by atoms with van der Waals surface area (Å²) in [6.45, 7) is 0.549. The molecule has 0 saturated carbocycles. The second-order valence-electron chi connectivity index (χ2n) is 2.77. The number of pyridine rings is 1. The van der Waals surface area contributed by atoms with Crippen molar-refractivity contribution in [3.63, 3.8) is 0 Å². The molecule has 2 aromatic heterocycles. The Hall–Kier alpha value is -1.61. The molecule has 3 nitrogen and oxygen atoms in total. The molecule has 0 radical (unpaired) electrons. The minimum atomic E-state index is 0.549. The largest absolute Gasteiger partial charge is 0.327 e. The van der Waals surface area contributed by atoms with Crippen LogP contribution in [0, 0.1) is 0 Å². The van der Waals surface area contributed by atoms with Gasteiger partial charge >= 0.3 is 0 Å². The van der Waals surface area contributed by atoms with Gasteiger partial charge in [-0.25, -0.2) is 4.98 Å². The third-order valence-corrected chi connectivity index (χ3v) is 1.81. The molecule has 3 heteroatoms. The topological polar surface area (TPSA) is 43.3 Å². The van der Waals surface area contributed by atoms with Gasteiger partial charge < -0.3 is 10.1 Å². The number of aromatic nitrogens is 2. The average Bonchev–Trinajstić information content (AvgIpc) is 2.57. The molecule has 0 saturated heterocycles. The molecular formula is C10H11N3. The molecule has 0 aliphatic carbocycles. The molecule has 0 atom stereocenters. The second-order valence-corrected chi connectivity index (χ2v) is 2.77. The zero-order valence-electron chi connectivity index (χ0n) is 7.22. The molecule has 0 aliphatic heterocycles. The Bertz CT molecular complexity index is 395. The van der Waals surface area contributed by atoms with Crippen molar-refractivity contribution < 1.29 is 0 Å². The van der Waals surface area contributed by atoms with Gasteiger partial charge in [-0.1, -0.05) is 12.1 Å². The van der Waals surface area contributed by atoms with Gasteiger partial charge in [-0.3, -0.25) is 0 Å². The number of rotatable bonds is 2. The Morgan fingerprint density at radius 3 is 3.15 bits per heavy atom. The lowest BCUT2D eigenvalue weighted by atomic mass is 10.4. The van der Waals surface area contributed by atoms with Crippen LogP contribution < -0.4 is 5.73 Å². The Morgan fingerprint density at radius 2 is 2.38 bits per heavy atom. The third kappa shape index (κ3) is 1.60. The van der Waals surface area contributed by atoms with E-state index in [2.05, 4.69) is 4.98 Å². The molecule has 66 valence electrons. The summed E-state index contributed by atoms with van der Waals surface area (Å²) in [6, 6.07) is 5.92. The van der Waals surface area contributed by atoms with Gasteiger partial charge in [0.15, 0.2) is 0 Å². The van der Waals surface area contributed by atoms with Gasteiger partial charge in [0.05, 0.1) is 5.69 Å². The highest BCUT2D eigenvalue weighted by Gasteiger charge is 1.95. The lowest BCUT2D eigenvalue weighted by Gasteiger charge is -1.86. The maximum atomic E-state index is 5.35. The number of hydrogen-bond donors (Lipinski definition) is 1. The standard InChI is InChI=1S/C10H11N3/c11-6-3-4-9-8-13-7-2-1-5-10(13)12-9/h1-5,7-8H,6,11H2/b4-3+. The average molecular weight is 173 g/mol. The van der Waals surface area contributed by atoms with Crippen molar-refractivity contribution in [3.05, 3.63) is 42.4 Å². The summed E-state index contributed by atoms with van der Waals surface area (Å²) >= 11 is 0. The van der Waals surface area contributed by atoms with Gasteiger partial charge in [-0.15, -0.1) is 0 Å². The summed E-state index contributed by atoms with van der Waals surface area (Å²) in [5, 5.41) is 0. The van der Waals surface area contributed by atoms with Crippen molar-refractivity contribution >= 4 is 11.7 Å². The summed E-state index contributed by atoms with van der Waals surface area (Å²) in [4.78, 5) is 4.37. The number of nitrogens with zero attached hydrogens (tertiary/aromatic N) is 2. The van der Waals surface area contributed by atoms with Crippen molar-refractivity contribution in [1.29, 1.82) is 0 Å². The predicted octanol–water partition coefficient (Wildman–Crippen LogP) is 1.31. The maximum absolute atomic E-state index is 5.35. The highest BCUT2D eigenvalue weighted by atomic mass is 15.0. The van der Waals surface area contributed by atoms with Crippen molar-refractivity contribution in [2.45, 2.75) is 0 Å². The van der Waals surface area contributed by atoms with Gasteiger partial charge in [0.1, 0.15) is 5.65 Å². The van der Waals surface area contributed by atoms with Crippen LogP contribution in [0.1, 0.15) is 5.69 Å². The molecule has 0 fully saturated rings. The molecule has 2 aromatic rings. The summed E-state index contributed by atoms with van der Waals surface area (Å²) in [5.41, 5.74) is 7.25. The van der Waals surface area contributed by atoms with Crippen LogP contribution in [0.25, 0.3) is 11.7 Å². The van der Waals surface area contributed by atoms with Crippen LogP contribution in [0.3, 0.4) is 0 Å². The monoisotopic (exact) mass is 173 g/mol. The van der Waals surface area contributed by atoms with E-state index in [0.717, 1.165) is 11.3 Å². The first-order chi connectivity index (χ1) is 6.40. The van der Waals surface area contributed by atoms with Crippen molar-refractivity contribution in [2.24, 2.45) is 5.73 Å². The van der Waals surface area contributed by atoms with E-state index in [-0.39, 0.29) is 0 Å². The second kappa shape index (κ2) is 3.41. The van der Waals surface area contributed by atoms with E-state index in [1.54, 1.807) is 0 Å². The molecule has 0 spiro atoms. The fourth-order valence-electron chi connectivity index (χ4n) is 1.22. The number of hydrogen-bond acceptors (Lipinski definition) is 2. The molecule has 0 aliphatic rings. The maximum Gasteiger partial charge on any atom is 0.137 e. The van der Waals surface area contributed by atoms with E-state index >= 15 is 0 Å². The van der Waals surface area contributed by atoms with Crippen LogP contribution >= 0.6 is 0 Å². The lowest BCUT2D eigenvalue weighted by Crippen LogP contribution is -1.91. The molecule has 2 N–H and O–H groups in total. The molecule has 2 rings (SSSR count). The summed E-state index contributed by atoms with van der Waals surface area (Å²) < 4.78 is 1.98. The normalized spacial score (nSPS) is 11.5. The molecule has 0 bridgehead atoms. The van der Waals surface area contributed by atoms with Crippen LogP contribution in [0.2, 0.25) is 0 Å². The summed E-state index contributed by atoms with van der Waals surface area (Å²) in [7, 11) is 0. The van der Waals surface area contributed by atoms with Crippen LogP contribution in [-0.4, -0.2) is 15.9 Å². The van der Waals surface area contributed by atoms with E-state index < -0.39 is 0 Å². The molecular weight excluding hydrogens is 162 g/mol. The van der Waals surface area contributed by atoms with Gasteiger partial charge in [-0.05, 0) is 18.2 Å².